The monoisotopic (exact) mass is 258 g/mol. The molecule has 0 aliphatic carbocycles. The van der Waals surface area contributed by atoms with Gasteiger partial charge in [0.2, 0.25) is 0 Å². The maximum Gasteiger partial charge on any atom is 0.323 e. The summed E-state index contributed by atoms with van der Waals surface area (Å²) in [5, 5.41) is 8.91. The standard InChI is InChI=1S/C13H26N2O3/c1-13(14,12(16)17)6-4-7-15(2)9-11-5-3-8-18-10-11/h11H,3-10,14H2,1-2H3,(H,16,17). The minimum absolute atomic E-state index is 0.508. The Morgan fingerprint density at radius 3 is 2.89 bits per heavy atom. The summed E-state index contributed by atoms with van der Waals surface area (Å²) in [5.74, 6) is -0.307. The normalized spacial score (nSPS) is 23.9. The number of carboxylic acids is 1. The lowest BCUT2D eigenvalue weighted by Crippen LogP contribution is -2.45. The van der Waals surface area contributed by atoms with Gasteiger partial charge in [-0.15, -0.1) is 0 Å². The van der Waals surface area contributed by atoms with Crippen LogP contribution in [-0.2, 0) is 9.53 Å². The van der Waals surface area contributed by atoms with Crippen LogP contribution in [0.5, 0.6) is 0 Å². The molecule has 0 aromatic heterocycles. The first-order valence-electron chi connectivity index (χ1n) is 6.70. The van der Waals surface area contributed by atoms with Crippen molar-refractivity contribution in [3.05, 3.63) is 0 Å². The Morgan fingerprint density at radius 1 is 1.61 bits per heavy atom. The predicted octanol–water partition coefficient (Wildman–Crippen LogP) is 0.927. The van der Waals surface area contributed by atoms with Gasteiger partial charge in [0.25, 0.3) is 0 Å². The summed E-state index contributed by atoms with van der Waals surface area (Å²) in [7, 11) is 2.07. The summed E-state index contributed by atoms with van der Waals surface area (Å²) < 4.78 is 5.45. The lowest BCUT2D eigenvalue weighted by atomic mass is 9.97. The number of ether oxygens (including phenoxy) is 1. The van der Waals surface area contributed by atoms with Crippen LogP contribution in [-0.4, -0.2) is 54.9 Å². The van der Waals surface area contributed by atoms with Crippen LogP contribution in [0.2, 0.25) is 0 Å². The Morgan fingerprint density at radius 2 is 2.33 bits per heavy atom. The molecule has 1 aliphatic rings. The summed E-state index contributed by atoms with van der Waals surface area (Å²) in [6.07, 6.45) is 3.70. The maximum atomic E-state index is 10.9. The molecule has 5 heteroatoms. The third-order valence-electron chi connectivity index (χ3n) is 3.55. The van der Waals surface area contributed by atoms with Crippen LogP contribution in [0.3, 0.4) is 0 Å². The topological polar surface area (TPSA) is 75.8 Å². The Bertz CT molecular complexity index is 263. The van der Waals surface area contributed by atoms with Gasteiger partial charge in [0.05, 0.1) is 6.61 Å². The van der Waals surface area contributed by atoms with E-state index in [0.717, 1.165) is 39.1 Å². The van der Waals surface area contributed by atoms with Crippen molar-refractivity contribution in [1.82, 2.24) is 4.90 Å². The van der Waals surface area contributed by atoms with Gasteiger partial charge >= 0.3 is 5.97 Å². The van der Waals surface area contributed by atoms with Crippen molar-refractivity contribution in [3.8, 4) is 0 Å². The van der Waals surface area contributed by atoms with Crippen LogP contribution in [0.1, 0.15) is 32.6 Å². The van der Waals surface area contributed by atoms with Crippen molar-refractivity contribution in [1.29, 1.82) is 0 Å². The first-order valence-corrected chi connectivity index (χ1v) is 6.70. The second-order valence-corrected chi connectivity index (χ2v) is 5.67. The van der Waals surface area contributed by atoms with Gasteiger partial charge in [0.15, 0.2) is 0 Å². The Labute approximate surface area is 109 Å². The second kappa shape index (κ2) is 7.07. The molecule has 3 N–H and O–H groups in total. The molecule has 18 heavy (non-hydrogen) atoms. The SMILES string of the molecule is CN(CCCC(C)(N)C(=O)O)CC1CCCOC1. The van der Waals surface area contributed by atoms with Gasteiger partial charge in [-0.1, -0.05) is 0 Å². The highest BCUT2D eigenvalue weighted by molar-refractivity contribution is 5.77. The number of aliphatic carboxylic acids is 1. The van der Waals surface area contributed by atoms with Crippen molar-refractivity contribution in [2.75, 3.05) is 33.4 Å². The smallest absolute Gasteiger partial charge is 0.323 e. The molecule has 0 radical (unpaired) electrons. The highest BCUT2D eigenvalue weighted by Crippen LogP contribution is 2.15. The fourth-order valence-electron chi connectivity index (χ4n) is 2.31. The fourth-order valence-corrected chi connectivity index (χ4v) is 2.31. The summed E-state index contributed by atoms with van der Waals surface area (Å²) in [6, 6.07) is 0. The zero-order valence-corrected chi connectivity index (χ0v) is 11.5. The van der Waals surface area contributed by atoms with Crippen LogP contribution in [0.15, 0.2) is 0 Å². The molecule has 2 atom stereocenters. The minimum atomic E-state index is -1.10. The van der Waals surface area contributed by atoms with E-state index in [1.54, 1.807) is 6.92 Å². The van der Waals surface area contributed by atoms with E-state index in [9.17, 15) is 4.79 Å². The lowest BCUT2D eigenvalue weighted by Gasteiger charge is -2.27. The molecule has 1 aliphatic heterocycles. The number of hydrogen-bond acceptors (Lipinski definition) is 4. The summed E-state index contributed by atoms with van der Waals surface area (Å²) >= 11 is 0. The van der Waals surface area contributed by atoms with Gasteiger partial charge in [-0.3, -0.25) is 4.79 Å². The van der Waals surface area contributed by atoms with Gasteiger partial charge in [0.1, 0.15) is 5.54 Å². The molecule has 2 unspecified atom stereocenters. The highest BCUT2D eigenvalue weighted by atomic mass is 16.5. The fraction of sp³-hybridized carbons (Fsp3) is 0.923. The van der Waals surface area contributed by atoms with E-state index in [4.69, 9.17) is 15.6 Å². The zero-order chi connectivity index (χ0) is 13.6. The molecule has 0 saturated carbocycles. The van der Waals surface area contributed by atoms with Crippen LogP contribution in [0.25, 0.3) is 0 Å². The predicted molar refractivity (Wildman–Crippen MR) is 70.5 cm³/mol. The molecule has 0 aromatic rings. The largest absolute Gasteiger partial charge is 0.480 e. The van der Waals surface area contributed by atoms with Gasteiger partial charge in [-0.05, 0) is 52.1 Å². The van der Waals surface area contributed by atoms with Crippen LogP contribution in [0, 0.1) is 5.92 Å². The van der Waals surface area contributed by atoms with E-state index in [-0.39, 0.29) is 0 Å². The Hall–Kier alpha value is -0.650. The summed E-state index contributed by atoms with van der Waals surface area (Å²) in [4.78, 5) is 13.1. The molecule has 0 spiro atoms. The van der Waals surface area contributed by atoms with Gasteiger partial charge in [0, 0.05) is 13.2 Å². The van der Waals surface area contributed by atoms with Gasteiger partial charge in [-0.2, -0.15) is 0 Å². The third kappa shape index (κ3) is 5.33. The number of carbonyl (C=O) groups is 1. The number of rotatable bonds is 7. The first kappa shape index (κ1) is 15.4. The molecule has 5 nitrogen and oxygen atoms in total. The summed E-state index contributed by atoms with van der Waals surface area (Å²) in [6.45, 7) is 5.23. The number of hydrogen-bond donors (Lipinski definition) is 2. The number of nitrogens with two attached hydrogens (primary N) is 1. The van der Waals surface area contributed by atoms with Crippen molar-refractivity contribution >= 4 is 5.97 Å². The Kier molecular flexibility index (Phi) is 6.05. The molecular weight excluding hydrogens is 232 g/mol. The molecule has 1 saturated heterocycles. The molecule has 1 rings (SSSR count). The number of nitrogens with zero attached hydrogens (tertiary/aromatic N) is 1. The first-order chi connectivity index (χ1) is 8.42. The summed E-state index contributed by atoms with van der Waals surface area (Å²) in [5.41, 5.74) is 4.59. The highest BCUT2D eigenvalue weighted by Gasteiger charge is 2.27. The van der Waals surface area contributed by atoms with Gasteiger partial charge in [-0.25, -0.2) is 0 Å². The van der Waals surface area contributed by atoms with E-state index in [1.165, 1.54) is 6.42 Å². The Balaban J connectivity index is 2.16. The molecule has 0 aromatic carbocycles. The number of carboxylic acid groups (broad SMARTS) is 1. The molecule has 106 valence electrons. The van der Waals surface area contributed by atoms with E-state index in [0.29, 0.717) is 12.3 Å². The molecular formula is C13H26N2O3. The van der Waals surface area contributed by atoms with Gasteiger partial charge < -0.3 is 20.5 Å². The maximum absolute atomic E-state index is 10.9. The lowest BCUT2D eigenvalue weighted by molar-refractivity contribution is -0.142. The van der Waals surface area contributed by atoms with Crippen molar-refractivity contribution in [2.24, 2.45) is 11.7 Å². The molecule has 1 fully saturated rings. The van der Waals surface area contributed by atoms with E-state index in [1.807, 2.05) is 0 Å². The molecule has 0 bridgehead atoms. The second-order valence-electron chi connectivity index (χ2n) is 5.67. The minimum Gasteiger partial charge on any atom is -0.480 e. The van der Waals surface area contributed by atoms with Crippen molar-refractivity contribution in [2.45, 2.75) is 38.1 Å². The molecule has 1 heterocycles. The van der Waals surface area contributed by atoms with Crippen molar-refractivity contribution in [3.63, 3.8) is 0 Å². The third-order valence-corrected chi connectivity index (χ3v) is 3.55. The van der Waals surface area contributed by atoms with E-state index < -0.39 is 11.5 Å². The van der Waals surface area contributed by atoms with Crippen LogP contribution >= 0.6 is 0 Å². The molecule has 0 amide bonds. The van der Waals surface area contributed by atoms with E-state index in [2.05, 4.69) is 11.9 Å². The average molecular weight is 258 g/mol. The van der Waals surface area contributed by atoms with Crippen LogP contribution in [0.4, 0.5) is 0 Å². The average Bonchev–Trinajstić information content (AvgIpc) is 2.29. The van der Waals surface area contributed by atoms with Crippen molar-refractivity contribution < 1.29 is 14.6 Å². The quantitative estimate of drug-likeness (QED) is 0.710. The van der Waals surface area contributed by atoms with Crippen LogP contribution < -0.4 is 5.73 Å². The van der Waals surface area contributed by atoms with E-state index >= 15 is 0 Å². The zero-order valence-electron chi connectivity index (χ0n) is 11.5.